The van der Waals surface area contributed by atoms with Crippen molar-refractivity contribution in [3.8, 4) is 0 Å². The molecule has 0 radical (unpaired) electrons. The first-order chi connectivity index (χ1) is 7.50. The number of benzene rings is 1. The summed E-state index contributed by atoms with van der Waals surface area (Å²) >= 11 is 5.96. The SMILES string of the molecule is CC(N)C(=O)c1ccc2c(c1)c(Cl)nn2C. The third-order valence-electron chi connectivity index (χ3n) is 2.50. The van der Waals surface area contributed by atoms with Gasteiger partial charge in [-0.25, -0.2) is 0 Å². The number of Topliss-reactive ketones (excluding diaryl/α,β-unsaturated/α-hetero) is 1. The quantitative estimate of drug-likeness (QED) is 0.810. The van der Waals surface area contributed by atoms with Crippen LogP contribution in [0.4, 0.5) is 0 Å². The molecule has 0 amide bonds. The zero-order chi connectivity index (χ0) is 11.9. The van der Waals surface area contributed by atoms with E-state index in [0.717, 1.165) is 10.9 Å². The minimum absolute atomic E-state index is 0.0955. The number of fused-ring (bicyclic) bond motifs is 1. The average molecular weight is 238 g/mol. The molecule has 0 saturated carbocycles. The Morgan fingerprint density at radius 3 is 2.88 bits per heavy atom. The van der Waals surface area contributed by atoms with Gasteiger partial charge in [0.25, 0.3) is 0 Å². The molecule has 2 rings (SSSR count). The summed E-state index contributed by atoms with van der Waals surface area (Å²) in [5.41, 5.74) is 7.01. The van der Waals surface area contributed by atoms with Gasteiger partial charge in [0.05, 0.1) is 11.6 Å². The van der Waals surface area contributed by atoms with E-state index in [1.54, 1.807) is 30.8 Å². The number of nitrogens with zero attached hydrogens (tertiary/aromatic N) is 2. The van der Waals surface area contributed by atoms with Crippen LogP contribution in [-0.4, -0.2) is 21.6 Å². The second-order valence-electron chi connectivity index (χ2n) is 3.80. The van der Waals surface area contributed by atoms with Crippen LogP contribution in [0, 0.1) is 0 Å². The molecule has 1 aromatic carbocycles. The Morgan fingerprint density at radius 1 is 1.56 bits per heavy atom. The predicted octanol–water partition coefficient (Wildman–Crippen LogP) is 1.76. The predicted molar refractivity (Wildman–Crippen MR) is 63.7 cm³/mol. The molecule has 0 spiro atoms. The Hall–Kier alpha value is -1.39. The Morgan fingerprint density at radius 2 is 2.25 bits per heavy atom. The first kappa shape index (κ1) is 11.1. The Kier molecular flexibility index (Phi) is 2.69. The smallest absolute Gasteiger partial charge is 0.179 e. The van der Waals surface area contributed by atoms with E-state index in [1.807, 2.05) is 6.07 Å². The second-order valence-corrected chi connectivity index (χ2v) is 4.16. The number of nitrogens with two attached hydrogens (primary N) is 1. The number of halogens is 1. The fraction of sp³-hybridized carbons (Fsp3) is 0.273. The van der Waals surface area contributed by atoms with Crippen molar-refractivity contribution in [3.63, 3.8) is 0 Å². The molecular weight excluding hydrogens is 226 g/mol. The van der Waals surface area contributed by atoms with Crippen LogP contribution >= 0.6 is 11.6 Å². The number of ketones is 1. The van der Waals surface area contributed by atoms with Gasteiger partial charge < -0.3 is 5.73 Å². The van der Waals surface area contributed by atoms with Crippen LogP contribution in [0.25, 0.3) is 10.9 Å². The monoisotopic (exact) mass is 237 g/mol. The molecule has 84 valence electrons. The van der Waals surface area contributed by atoms with Gasteiger partial charge >= 0.3 is 0 Å². The third-order valence-corrected chi connectivity index (χ3v) is 2.78. The van der Waals surface area contributed by atoms with E-state index in [1.165, 1.54) is 0 Å². The number of hydrogen-bond donors (Lipinski definition) is 1. The molecule has 1 atom stereocenters. The lowest BCUT2D eigenvalue weighted by atomic mass is 10.0. The van der Waals surface area contributed by atoms with Crippen molar-refractivity contribution in [2.75, 3.05) is 0 Å². The maximum atomic E-state index is 11.7. The highest BCUT2D eigenvalue weighted by Crippen LogP contribution is 2.23. The molecule has 4 nitrogen and oxygen atoms in total. The van der Waals surface area contributed by atoms with Crippen LogP contribution in [0.1, 0.15) is 17.3 Å². The number of hydrogen-bond acceptors (Lipinski definition) is 3. The van der Waals surface area contributed by atoms with Crippen molar-refractivity contribution in [2.45, 2.75) is 13.0 Å². The number of carbonyl (C=O) groups is 1. The van der Waals surface area contributed by atoms with Crippen molar-refractivity contribution in [1.82, 2.24) is 9.78 Å². The lowest BCUT2D eigenvalue weighted by Crippen LogP contribution is -2.26. The highest BCUT2D eigenvalue weighted by atomic mass is 35.5. The second kappa shape index (κ2) is 3.88. The third kappa shape index (κ3) is 1.70. The minimum atomic E-state index is -0.507. The van der Waals surface area contributed by atoms with Gasteiger partial charge in [-0.3, -0.25) is 9.48 Å². The molecule has 0 aliphatic carbocycles. The molecule has 0 fully saturated rings. The molecule has 2 N–H and O–H groups in total. The summed E-state index contributed by atoms with van der Waals surface area (Å²) in [4.78, 5) is 11.7. The summed E-state index contributed by atoms with van der Waals surface area (Å²) < 4.78 is 1.68. The van der Waals surface area contributed by atoms with Gasteiger partial charge in [0.2, 0.25) is 0 Å². The molecule has 1 heterocycles. The van der Waals surface area contributed by atoms with Gasteiger partial charge in [0, 0.05) is 18.0 Å². The van der Waals surface area contributed by atoms with E-state index in [2.05, 4.69) is 5.10 Å². The summed E-state index contributed by atoms with van der Waals surface area (Å²) in [5.74, 6) is -0.0955. The normalized spacial score (nSPS) is 13.0. The summed E-state index contributed by atoms with van der Waals surface area (Å²) in [6.45, 7) is 1.66. The van der Waals surface area contributed by atoms with E-state index in [4.69, 9.17) is 17.3 Å². The van der Waals surface area contributed by atoms with Crippen LogP contribution in [0.5, 0.6) is 0 Å². The van der Waals surface area contributed by atoms with Gasteiger partial charge in [-0.15, -0.1) is 0 Å². The van der Waals surface area contributed by atoms with Crippen LogP contribution in [0.15, 0.2) is 18.2 Å². The maximum absolute atomic E-state index is 11.7. The highest BCUT2D eigenvalue weighted by Gasteiger charge is 2.13. The van der Waals surface area contributed by atoms with Gasteiger partial charge in [-0.05, 0) is 25.1 Å². The van der Waals surface area contributed by atoms with E-state index in [0.29, 0.717) is 10.7 Å². The minimum Gasteiger partial charge on any atom is -0.321 e. The first-order valence-electron chi connectivity index (χ1n) is 4.92. The number of aryl methyl sites for hydroxylation is 1. The van der Waals surface area contributed by atoms with E-state index in [9.17, 15) is 4.79 Å². The standard InChI is InChI=1S/C11H12ClN3O/c1-6(13)10(16)7-3-4-9-8(5-7)11(12)14-15(9)2/h3-6H,13H2,1-2H3. The van der Waals surface area contributed by atoms with Gasteiger partial charge in [-0.2, -0.15) is 5.10 Å². The molecule has 1 unspecified atom stereocenters. The molecule has 16 heavy (non-hydrogen) atoms. The van der Waals surface area contributed by atoms with Crippen LogP contribution < -0.4 is 5.73 Å². The Labute approximate surface area is 98.0 Å². The average Bonchev–Trinajstić information content (AvgIpc) is 2.53. The first-order valence-corrected chi connectivity index (χ1v) is 5.30. The molecule has 0 saturated heterocycles. The number of rotatable bonds is 2. The summed E-state index contributed by atoms with van der Waals surface area (Å²) in [7, 11) is 1.81. The van der Waals surface area contributed by atoms with E-state index in [-0.39, 0.29) is 5.78 Å². The van der Waals surface area contributed by atoms with Crippen molar-refractivity contribution >= 4 is 28.3 Å². The van der Waals surface area contributed by atoms with Crippen molar-refractivity contribution in [1.29, 1.82) is 0 Å². The zero-order valence-corrected chi connectivity index (χ0v) is 9.82. The molecule has 0 aliphatic rings. The van der Waals surface area contributed by atoms with Crippen molar-refractivity contribution in [3.05, 3.63) is 28.9 Å². The molecule has 0 aliphatic heterocycles. The zero-order valence-electron chi connectivity index (χ0n) is 9.07. The molecule has 0 bridgehead atoms. The topological polar surface area (TPSA) is 60.9 Å². The fourth-order valence-corrected chi connectivity index (χ4v) is 1.90. The Balaban J connectivity index is 2.60. The van der Waals surface area contributed by atoms with Crippen molar-refractivity contribution < 1.29 is 4.79 Å². The van der Waals surface area contributed by atoms with E-state index < -0.39 is 6.04 Å². The lowest BCUT2D eigenvalue weighted by Gasteiger charge is -2.04. The maximum Gasteiger partial charge on any atom is 0.179 e. The van der Waals surface area contributed by atoms with Gasteiger partial charge in [0.1, 0.15) is 0 Å². The fourth-order valence-electron chi connectivity index (χ4n) is 1.64. The summed E-state index contributed by atoms with van der Waals surface area (Å²) in [6, 6.07) is 4.79. The highest BCUT2D eigenvalue weighted by molar-refractivity contribution is 6.34. The molecule has 5 heteroatoms. The number of carbonyl (C=O) groups excluding carboxylic acids is 1. The summed E-state index contributed by atoms with van der Waals surface area (Å²) in [5, 5.41) is 5.25. The molecule has 2 aromatic rings. The largest absolute Gasteiger partial charge is 0.321 e. The molecule has 1 aromatic heterocycles. The molecular formula is C11H12ClN3O. The van der Waals surface area contributed by atoms with Crippen LogP contribution in [0.3, 0.4) is 0 Å². The Bertz CT molecular complexity index is 560. The number of aromatic nitrogens is 2. The van der Waals surface area contributed by atoms with Crippen molar-refractivity contribution in [2.24, 2.45) is 12.8 Å². The van der Waals surface area contributed by atoms with Gasteiger partial charge in [-0.1, -0.05) is 11.6 Å². The lowest BCUT2D eigenvalue weighted by molar-refractivity contribution is 0.0968. The summed E-state index contributed by atoms with van der Waals surface area (Å²) in [6.07, 6.45) is 0. The van der Waals surface area contributed by atoms with Crippen LogP contribution in [-0.2, 0) is 7.05 Å². The van der Waals surface area contributed by atoms with E-state index >= 15 is 0 Å². The van der Waals surface area contributed by atoms with Gasteiger partial charge in [0.15, 0.2) is 10.9 Å². The van der Waals surface area contributed by atoms with Crippen LogP contribution in [0.2, 0.25) is 5.15 Å².